The van der Waals surface area contributed by atoms with Gasteiger partial charge in [-0.3, -0.25) is 4.79 Å². The Morgan fingerprint density at radius 3 is 2.41 bits per heavy atom. The number of amidine groups is 1. The minimum atomic E-state index is -0.849. The number of hydrazone groups is 1. The van der Waals surface area contributed by atoms with Crippen molar-refractivity contribution in [1.29, 1.82) is 0 Å². The van der Waals surface area contributed by atoms with E-state index in [2.05, 4.69) is 15.5 Å². The van der Waals surface area contributed by atoms with Gasteiger partial charge in [-0.25, -0.2) is 10.8 Å². The fourth-order valence-electron chi connectivity index (χ4n) is 2.37. The van der Waals surface area contributed by atoms with Crippen molar-refractivity contribution >= 4 is 11.8 Å². The molecule has 0 aliphatic rings. The molecule has 1 aromatic carbocycles. The van der Waals surface area contributed by atoms with Crippen molar-refractivity contribution in [3.8, 4) is 11.6 Å². The van der Waals surface area contributed by atoms with Crippen LogP contribution in [0.25, 0.3) is 0 Å². The van der Waals surface area contributed by atoms with Crippen molar-refractivity contribution in [2.75, 3.05) is 0 Å². The largest absolute Gasteiger partial charge is 0.481 e. The summed E-state index contributed by atoms with van der Waals surface area (Å²) in [5.41, 5.74) is 9.98. The van der Waals surface area contributed by atoms with Crippen LogP contribution in [0.2, 0.25) is 0 Å². The summed E-state index contributed by atoms with van der Waals surface area (Å²) in [6.45, 7) is 4.46. The maximum absolute atomic E-state index is 10.7. The van der Waals surface area contributed by atoms with Crippen molar-refractivity contribution in [2.24, 2.45) is 28.4 Å². The van der Waals surface area contributed by atoms with E-state index in [0.717, 1.165) is 23.3 Å². The normalized spacial score (nSPS) is 11.8. The molecule has 2 rings (SSSR count). The van der Waals surface area contributed by atoms with Gasteiger partial charge in [0, 0.05) is 25.2 Å². The van der Waals surface area contributed by atoms with Crippen LogP contribution in [0.4, 0.5) is 0 Å². The van der Waals surface area contributed by atoms with E-state index in [1.54, 1.807) is 6.20 Å². The van der Waals surface area contributed by atoms with Crippen LogP contribution in [0.15, 0.2) is 47.7 Å². The van der Waals surface area contributed by atoms with Gasteiger partial charge in [-0.2, -0.15) is 5.10 Å². The van der Waals surface area contributed by atoms with Crippen molar-refractivity contribution in [1.82, 2.24) is 10.4 Å². The molecule has 29 heavy (non-hydrogen) atoms. The van der Waals surface area contributed by atoms with Gasteiger partial charge < -0.3 is 26.8 Å². The van der Waals surface area contributed by atoms with Crippen LogP contribution in [-0.4, -0.2) is 21.9 Å². The standard InChI is InChI=1S/C13H14N2O.C7H16N4O2/c1-10-2-7-13(15-9-10)16-12-5-3-11(8-14)4-6-12;1-2-3-5(7(12)13)4-6(10-8)11-9/h2-7,9H,8,14H2,1H3;5H,2-4,8-9H2,1H3,(H,10,11)(H,12,13)/t;5-/m.0/s1. The minimum absolute atomic E-state index is 0.246. The summed E-state index contributed by atoms with van der Waals surface area (Å²) in [5, 5.41) is 12.1. The van der Waals surface area contributed by atoms with Gasteiger partial charge in [0.05, 0.1) is 5.92 Å². The molecule has 0 spiro atoms. The van der Waals surface area contributed by atoms with Crippen LogP contribution in [0.3, 0.4) is 0 Å². The molecule has 9 nitrogen and oxygen atoms in total. The fraction of sp³-hybridized carbons (Fsp3) is 0.350. The zero-order valence-electron chi connectivity index (χ0n) is 16.8. The van der Waals surface area contributed by atoms with Gasteiger partial charge in [0.1, 0.15) is 11.6 Å². The van der Waals surface area contributed by atoms with Gasteiger partial charge in [-0.1, -0.05) is 31.5 Å². The smallest absolute Gasteiger partial charge is 0.306 e. The van der Waals surface area contributed by atoms with Crippen molar-refractivity contribution in [3.05, 3.63) is 53.7 Å². The topological polar surface area (TPSA) is 162 Å². The number of hydrogen-bond donors (Lipinski definition) is 5. The van der Waals surface area contributed by atoms with E-state index >= 15 is 0 Å². The summed E-state index contributed by atoms with van der Waals surface area (Å²) in [7, 11) is 0. The lowest BCUT2D eigenvalue weighted by atomic mass is 10.00. The van der Waals surface area contributed by atoms with Crippen LogP contribution < -0.4 is 27.6 Å². The highest BCUT2D eigenvalue weighted by atomic mass is 16.5. The number of aliphatic carboxylic acids is 1. The number of nitrogens with zero attached hydrogens (tertiary/aromatic N) is 2. The summed E-state index contributed by atoms with van der Waals surface area (Å²) in [4.78, 5) is 14.9. The maximum Gasteiger partial charge on any atom is 0.306 e. The van der Waals surface area contributed by atoms with Gasteiger partial charge >= 0.3 is 5.97 Å². The first-order valence-corrected chi connectivity index (χ1v) is 9.29. The Kier molecular flexibility index (Phi) is 10.8. The molecule has 0 saturated carbocycles. The molecule has 9 heteroatoms. The number of carboxylic acids is 1. The lowest BCUT2D eigenvalue weighted by Gasteiger charge is -2.11. The summed E-state index contributed by atoms with van der Waals surface area (Å²) in [6.07, 6.45) is 3.43. The van der Waals surface area contributed by atoms with Crippen molar-refractivity contribution < 1.29 is 14.6 Å². The van der Waals surface area contributed by atoms with E-state index in [0.29, 0.717) is 24.7 Å². The number of rotatable bonds is 8. The number of nitrogens with two attached hydrogens (primary N) is 3. The van der Waals surface area contributed by atoms with Crippen LogP contribution >= 0.6 is 0 Å². The number of hydrogen-bond acceptors (Lipinski definition) is 7. The number of carboxylic acid groups (broad SMARTS) is 1. The Labute approximate surface area is 170 Å². The number of benzene rings is 1. The van der Waals surface area contributed by atoms with Gasteiger partial charge in [-0.15, -0.1) is 0 Å². The Balaban J connectivity index is 0.000000298. The highest BCUT2D eigenvalue weighted by molar-refractivity contribution is 5.85. The number of aromatic nitrogens is 1. The Morgan fingerprint density at radius 2 is 1.97 bits per heavy atom. The molecule has 0 unspecified atom stereocenters. The molecule has 1 heterocycles. The predicted octanol–water partition coefficient (Wildman–Crippen LogP) is 2.25. The average molecular weight is 402 g/mol. The third-order valence-corrected chi connectivity index (χ3v) is 4.01. The lowest BCUT2D eigenvalue weighted by Crippen LogP contribution is -2.34. The quantitative estimate of drug-likeness (QED) is 0.194. The summed E-state index contributed by atoms with van der Waals surface area (Å²) >= 11 is 0. The van der Waals surface area contributed by atoms with Crippen LogP contribution in [-0.2, 0) is 11.3 Å². The second-order valence-electron chi connectivity index (χ2n) is 6.37. The third-order valence-electron chi connectivity index (χ3n) is 4.01. The summed E-state index contributed by atoms with van der Waals surface area (Å²) in [6, 6.07) is 11.5. The van der Waals surface area contributed by atoms with E-state index in [-0.39, 0.29) is 6.42 Å². The molecule has 0 fully saturated rings. The zero-order valence-corrected chi connectivity index (χ0v) is 16.8. The first kappa shape index (κ1) is 23.9. The van der Waals surface area contributed by atoms with E-state index in [1.807, 2.05) is 50.2 Å². The highest BCUT2D eigenvalue weighted by Crippen LogP contribution is 2.19. The van der Waals surface area contributed by atoms with Gasteiger partial charge in [0.2, 0.25) is 5.88 Å². The van der Waals surface area contributed by atoms with E-state index in [1.165, 1.54) is 0 Å². The molecule has 8 N–H and O–H groups in total. The first-order chi connectivity index (χ1) is 13.9. The summed E-state index contributed by atoms with van der Waals surface area (Å²) < 4.78 is 5.58. The molecule has 1 atom stereocenters. The Bertz CT molecular complexity index is 763. The second-order valence-corrected chi connectivity index (χ2v) is 6.37. The van der Waals surface area contributed by atoms with Crippen LogP contribution in [0.1, 0.15) is 37.3 Å². The molecule has 0 radical (unpaired) electrons. The molecule has 0 amide bonds. The second kappa shape index (κ2) is 13.1. The molecule has 0 aliphatic carbocycles. The molecule has 0 aliphatic heterocycles. The number of nitrogens with one attached hydrogen (secondary N) is 1. The van der Waals surface area contributed by atoms with Crippen LogP contribution in [0.5, 0.6) is 11.6 Å². The SMILES string of the molecule is CCC[C@@H](C/C(=N/N)NN)C(=O)O.Cc1ccc(Oc2ccc(CN)cc2)nc1. The van der Waals surface area contributed by atoms with Gasteiger partial charge in [-0.05, 0) is 36.6 Å². The van der Waals surface area contributed by atoms with E-state index in [9.17, 15) is 4.79 Å². The number of aryl methyl sites for hydroxylation is 1. The van der Waals surface area contributed by atoms with Crippen molar-refractivity contribution in [2.45, 2.75) is 39.7 Å². The van der Waals surface area contributed by atoms with Crippen LogP contribution in [0, 0.1) is 12.8 Å². The molecular formula is C20H30N6O3. The maximum atomic E-state index is 10.7. The zero-order chi connectivity index (χ0) is 21.6. The van der Waals surface area contributed by atoms with Gasteiger partial charge in [0.15, 0.2) is 0 Å². The first-order valence-electron chi connectivity index (χ1n) is 9.29. The minimum Gasteiger partial charge on any atom is -0.481 e. The number of ether oxygens (including phenoxy) is 1. The highest BCUT2D eigenvalue weighted by Gasteiger charge is 2.18. The molecular weight excluding hydrogens is 372 g/mol. The molecule has 0 bridgehead atoms. The number of pyridine rings is 1. The molecule has 0 saturated heterocycles. The number of carbonyl (C=O) groups is 1. The van der Waals surface area contributed by atoms with E-state index < -0.39 is 11.9 Å². The third kappa shape index (κ3) is 9.04. The van der Waals surface area contributed by atoms with E-state index in [4.69, 9.17) is 27.3 Å². The van der Waals surface area contributed by atoms with Crippen molar-refractivity contribution in [3.63, 3.8) is 0 Å². The van der Waals surface area contributed by atoms with Gasteiger partial charge in [0.25, 0.3) is 0 Å². The average Bonchev–Trinajstić information content (AvgIpc) is 2.73. The Hall–Kier alpha value is -3.17. The predicted molar refractivity (Wildman–Crippen MR) is 113 cm³/mol. The monoisotopic (exact) mass is 402 g/mol. The number of hydrazine groups is 1. The fourth-order valence-corrected chi connectivity index (χ4v) is 2.37. The summed E-state index contributed by atoms with van der Waals surface area (Å²) in [5.74, 6) is 10.4. The molecule has 158 valence electrons. The lowest BCUT2D eigenvalue weighted by molar-refractivity contribution is -0.141. The Morgan fingerprint density at radius 1 is 1.28 bits per heavy atom. The molecule has 2 aromatic rings. The molecule has 1 aromatic heterocycles.